The minimum absolute atomic E-state index is 0.0562. The molecule has 21 heavy (non-hydrogen) atoms. The van der Waals surface area contributed by atoms with Crippen LogP contribution >= 0.6 is 0 Å². The fraction of sp³-hybridized carbons (Fsp3) is 0.588. The van der Waals surface area contributed by atoms with Gasteiger partial charge < -0.3 is 15.4 Å². The van der Waals surface area contributed by atoms with Gasteiger partial charge in [0.1, 0.15) is 11.9 Å². The van der Waals surface area contributed by atoms with E-state index in [1.54, 1.807) is 0 Å². The summed E-state index contributed by atoms with van der Waals surface area (Å²) in [6.45, 7) is 7.45. The molecule has 2 N–H and O–H groups in total. The van der Waals surface area contributed by atoms with Crippen LogP contribution < -0.4 is 10.5 Å². The number of nitrogens with two attached hydrogens (primary N) is 1. The highest BCUT2D eigenvalue weighted by atomic mass is 16.5. The number of nitrogens with zero attached hydrogens (tertiary/aromatic N) is 1. The number of likely N-dealkylation sites (tertiary alicyclic amines) is 1. The Morgan fingerprint density at radius 2 is 1.81 bits per heavy atom. The number of amides is 1. The molecular formula is C17H26N2O2. The van der Waals surface area contributed by atoms with Crippen LogP contribution in [-0.4, -0.2) is 36.0 Å². The van der Waals surface area contributed by atoms with E-state index in [-0.39, 0.29) is 17.4 Å². The Balaban J connectivity index is 1.84. The van der Waals surface area contributed by atoms with Gasteiger partial charge in [-0.2, -0.15) is 0 Å². The maximum atomic E-state index is 12.4. The number of hydrogen-bond donors (Lipinski definition) is 1. The molecule has 1 amide bonds. The van der Waals surface area contributed by atoms with Gasteiger partial charge in [-0.25, -0.2) is 0 Å². The number of hydrogen-bond acceptors (Lipinski definition) is 3. The SMILES string of the molecule is CC(C)(C)[C@H](N)C(=O)N1CCC(Oc2ccccc2)CC1. The van der Waals surface area contributed by atoms with Gasteiger partial charge in [0.15, 0.2) is 0 Å². The smallest absolute Gasteiger partial charge is 0.240 e. The fourth-order valence-electron chi connectivity index (χ4n) is 2.45. The second-order valence-corrected chi connectivity index (χ2v) is 6.80. The Morgan fingerprint density at radius 1 is 1.24 bits per heavy atom. The van der Waals surface area contributed by atoms with Crippen molar-refractivity contribution in [1.82, 2.24) is 4.90 Å². The first-order valence-corrected chi connectivity index (χ1v) is 7.64. The van der Waals surface area contributed by atoms with Crippen LogP contribution in [0.2, 0.25) is 0 Å². The van der Waals surface area contributed by atoms with Gasteiger partial charge in [-0.3, -0.25) is 4.79 Å². The lowest BCUT2D eigenvalue weighted by atomic mass is 9.86. The standard InChI is InChI=1S/C17H26N2O2/c1-17(2,3)15(18)16(20)19-11-9-14(10-12-19)21-13-7-5-4-6-8-13/h4-8,14-15H,9-12,18H2,1-3H3/t15-/m1/s1. The number of benzene rings is 1. The van der Waals surface area contributed by atoms with E-state index in [1.807, 2.05) is 56.0 Å². The van der Waals surface area contributed by atoms with E-state index in [9.17, 15) is 4.79 Å². The van der Waals surface area contributed by atoms with Crippen LogP contribution in [0.3, 0.4) is 0 Å². The van der Waals surface area contributed by atoms with E-state index in [2.05, 4.69) is 0 Å². The third-order valence-corrected chi connectivity index (χ3v) is 4.00. The van der Waals surface area contributed by atoms with Crippen LogP contribution in [0.4, 0.5) is 0 Å². The van der Waals surface area contributed by atoms with Crippen molar-refractivity contribution in [2.45, 2.75) is 45.8 Å². The maximum Gasteiger partial charge on any atom is 0.240 e. The van der Waals surface area contributed by atoms with Crippen molar-refractivity contribution >= 4 is 5.91 Å². The summed E-state index contributed by atoms with van der Waals surface area (Å²) in [6, 6.07) is 9.40. The third kappa shape index (κ3) is 4.21. The molecule has 1 heterocycles. The van der Waals surface area contributed by atoms with Gasteiger partial charge in [-0.05, 0) is 17.5 Å². The largest absolute Gasteiger partial charge is 0.490 e. The summed E-state index contributed by atoms with van der Waals surface area (Å²) in [6.07, 6.45) is 1.90. The van der Waals surface area contributed by atoms with Crippen LogP contribution in [0.1, 0.15) is 33.6 Å². The van der Waals surface area contributed by atoms with Crippen molar-refractivity contribution < 1.29 is 9.53 Å². The molecule has 4 heteroatoms. The molecule has 1 aromatic rings. The fourth-order valence-corrected chi connectivity index (χ4v) is 2.45. The monoisotopic (exact) mass is 290 g/mol. The molecule has 0 spiro atoms. The summed E-state index contributed by atoms with van der Waals surface area (Å²) in [7, 11) is 0. The molecule has 2 rings (SSSR count). The molecule has 0 saturated carbocycles. The molecule has 1 aromatic carbocycles. The second-order valence-electron chi connectivity index (χ2n) is 6.80. The van der Waals surface area contributed by atoms with E-state index >= 15 is 0 Å². The van der Waals surface area contributed by atoms with Crippen LogP contribution in [0, 0.1) is 5.41 Å². The molecule has 1 saturated heterocycles. The Bertz CT molecular complexity index is 459. The summed E-state index contributed by atoms with van der Waals surface area (Å²) in [4.78, 5) is 14.2. The quantitative estimate of drug-likeness (QED) is 0.930. The zero-order valence-electron chi connectivity index (χ0n) is 13.2. The first-order chi connectivity index (χ1) is 9.88. The first-order valence-electron chi connectivity index (χ1n) is 7.64. The topological polar surface area (TPSA) is 55.6 Å². The van der Waals surface area contributed by atoms with Gasteiger partial charge in [-0.1, -0.05) is 39.0 Å². The number of piperidine rings is 1. The molecule has 0 unspecified atom stereocenters. The van der Waals surface area contributed by atoms with Crippen molar-refractivity contribution in [3.8, 4) is 5.75 Å². The van der Waals surface area contributed by atoms with Gasteiger partial charge in [0.2, 0.25) is 5.91 Å². The molecule has 1 aliphatic rings. The molecule has 1 atom stereocenters. The van der Waals surface area contributed by atoms with Crippen LogP contribution in [0.15, 0.2) is 30.3 Å². The summed E-state index contributed by atoms with van der Waals surface area (Å²) in [5, 5.41) is 0. The normalized spacial score (nSPS) is 18.4. The molecule has 0 aliphatic carbocycles. The van der Waals surface area contributed by atoms with Gasteiger partial charge in [0, 0.05) is 25.9 Å². The number of ether oxygens (including phenoxy) is 1. The van der Waals surface area contributed by atoms with E-state index in [0.29, 0.717) is 0 Å². The minimum Gasteiger partial charge on any atom is -0.490 e. The number of carbonyl (C=O) groups excluding carboxylic acids is 1. The van der Waals surface area contributed by atoms with Crippen molar-refractivity contribution in [3.05, 3.63) is 30.3 Å². The van der Waals surface area contributed by atoms with E-state index in [1.165, 1.54) is 0 Å². The summed E-state index contributed by atoms with van der Waals surface area (Å²) in [5.41, 5.74) is 5.86. The summed E-state index contributed by atoms with van der Waals surface area (Å²) in [5.74, 6) is 0.953. The van der Waals surface area contributed by atoms with E-state index < -0.39 is 6.04 Å². The Hall–Kier alpha value is -1.55. The third-order valence-electron chi connectivity index (χ3n) is 4.00. The van der Waals surface area contributed by atoms with Gasteiger partial charge in [0.25, 0.3) is 0 Å². The Kier molecular flexibility index (Phi) is 4.88. The molecule has 0 radical (unpaired) electrons. The molecule has 0 bridgehead atoms. The average Bonchev–Trinajstić information content (AvgIpc) is 2.46. The Labute approximate surface area is 127 Å². The predicted octanol–water partition coefficient (Wildman–Crippen LogP) is 2.43. The number of carbonyl (C=O) groups is 1. The van der Waals surface area contributed by atoms with Crippen molar-refractivity contribution in [2.24, 2.45) is 11.1 Å². The van der Waals surface area contributed by atoms with Crippen LogP contribution in [-0.2, 0) is 4.79 Å². The molecule has 4 nitrogen and oxygen atoms in total. The van der Waals surface area contributed by atoms with Crippen LogP contribution in [0.5, 0.6) is 5.75 Å². The highest BCUT2D eigenvalue weighted by Crippen LogP contribution is 2.22. The van der Waals surface area contributed by atoms with Gasteiger partial charge in [-0.15, -0.1) is 0 Å². The number of rotatable bonds is 3. The van der Waals surface area contributed by atoms with Gasteiger partial charge in [0.05, 0.1) is 6.04 Å². The van der Waals surface area contributed by atoms with Crippen molar-refractivity contribution in [3.63, 3.8) is 0 Å². The lowest BCUT2D eigenvalue weighted by Gasteiger charge is -2.36. The van der Waals surface area contributed by atoms with Gasteiger partial charge >= 0.3 is 0 Å². The zero-order chi connectivity index (χ0) is 15.5. The first kappa shape index (κ1) is 15.8. The van der Waals surface area contributed by atoms with Crippen LogP contribution in [0.25, 0.3) is 0 Å². The molecule has 1 aliphatic heterocycles. The predicted molar refractivity (Wildman–Crippen MR) is 84.1 cm³/mol. The highest BCUT2D eigenvalue weighted by Gasteiger charge is 2.33. The lowest BCUT2D eigenvalue weighted by molar-refractivity contribution is -0.136. The Morgan fingerprint density at radius 3 is 2.33 bits per heavy atom. The highest BCUT2D eigenvalue weighted by molar-refractivity contribution is 5.82. The maximum absolute atomic E-state index is 12.4. The molecule has 1 fully saturated rings. The molecular weight excluding hydrogens is 264 g/mol. The average molecular weight is 290 g/mol. The van der Waals surface area contributed by atoms with Crippen molar-refractivity contribution in [1.29, 1.82) is 0 Å². The van der Waals surface area contributed by atoms with E-state index in [0.717, 1.165) is 31.7 Å². The van der Waals surface area contributed by atoms with Crippen molar-refractivity contribution in [2.75, 3.05) is 13.1 Å². The molecule has 0 aromatic heterocycles. The minimum atomic E-state index is -0.441. The second kappa shape index (κ2) is 6.48. The lowest BCUT2D eigenvalue weighted by Crippen LogP contribution is -2.53. The number of para-hydroxylation sites is 1. The molecule has 116 valence electrons. The summed E-state index contributed by atoms with van der Waals surface area (Å²) >= 11 is 0. The van der Waals surface area contributed by atoms with E-state index in [4.69, 9.17) is 10.5 Å². The zero-order valence-corrected chi connectivity index (χ0v) is 13.2. The summed E-state index contributed by atoms with van der Waals surface area (Å²) < 4.78 is 5.94.